The third-order valence-corrected chi connectivity index (χ3v) is 3.56. The number of benzene rings is 1. The SMILES string of the molecule is Cc1nc(C(=O)O)nn1-c1cccc2c1CCCC2. The molecule has 5 heteroatoms. The van der Waals surface area contributed by atoms with Gasteiger partial charge in [0, 0.05) is 0 Å². The summed E-state index contributed by atoms with van der Waals surface area (Å²) < 4.78 is 1.65. The minimum Gasteiger partial charge on any atom is -0.475 e. The summed E-state index contributed by atoms with van der Waals surface area (Å²) in [7, 11) is 0. The van der Waals surface area contributed by atoms with Crippen LogP contribution in [0, 0.1) is 6.92 Å². The fourth-order valence-corrected chi connectivity index (χ4v) is 2.67. The van der Waals surface area contributed by atoms with Crippen LogP contribution in [0.1, 0.15) is 40.4 Å². The Balaban J connectivity index is 2.14. The molecule has 5 nitrogen and oxygen atoms in total. The minimum absolute atomic E-state index is 0.147. The number of carbonyl (C=O) groups is 1. The predicted molar refractivity (Wildman–Crippen MR) is 69.7 cm³/mol. The van der Waals surface area contributed by atoms with Crippen LogP contribution in [-0.4, -0.2) is 25.8 Å². The number of hydrogen-bond donors (Lipinski definition) is 1. The smallest absolute Gasteiger partial charge is 0.375 e. The first-order chi connectivity index (χ1) is 9.16. The molecule has 0 amide bonds. The van der Waals surface area contributed by atoms with Crippen molar-refractivity contribution in [3.63, 3.8) is 0 Å². The Labute approximate surface area is 110 Å². The van der Waals surface area contributed by atoms with Gasteiger partial charge in [0.1, 0.15) is 5.82 Å². The average Bonchev–Trinajstić information content (AvgIpc) is 2.80. The molecule has 0 saturated heterocycles. The van der Waals surface area contributed by atoms with Gasteiger partial charge in [-0.1, -0.05) is 12.1 Å². The first-order valence-electron chi connectivity index (χ1n) is 6.45. The molecule has 19 heavy (non-hydrogen) atoms. The summed E-state index contributed by atoms with van der Waals surface area (Å²) in [6.07, 6.45) is 4.49. The number of nitrogens with zero attached hydrogens (tertiary/aromatic N) is 3. The molecule has 1 aromatic carbocycles. The molecular weight excluding hydrogens is 242 g/mol. The molecule has 0 fully saturated rings. The van der Waals surface area contributed by atoms with E-state index in [1.165, 1.54) is 24.0 Å². The zero-order chi connectivity index (χ0) is 13.4. The van der Waals surface area contributed by atoms with Gasteiger partial charge in [-0.15, -0.1) is 5.10 Å². The van der Waals surface area contributed by atoms with Crippen LogP contribution in [0.5, 0.6) is 0 Å². The third-order valence-electron chi connectivity index (χ3n) is 3.56. The number of aryl methyl sites for hydroxylation is 2. The van der Waals surface area contributed by atoms with E-state index in [4.69, 9.17) is 5.11 Å². The number of aromatic nitrogens is 3. The van der Waals surface area contributed by atoms with Crippen LogP contribution in [0.15, 0.2) is 18.2 Å². The van der Waals surface area contributed by atoms with E-state index < -0.39 is 5.97 Å². The lowest BCUT2D eigenvalue weighted by Crippen LogP contribution is -2.10. The van der Waals surface area contributed by atoms with Crippen LogP contribution in [0.4, 0.5) is 0 Å². The normalized spacial score (nSPS) is 14.2. The number of rotatable bonds is 2. The second kappa shape index (κ2) is 4.50. The number of hydrogen-bond acceptors (Lipinski definition) is 3. The van der Waals surface area contributed by atoms with Crippen LogP contribution in [0.3, 0.4) is 0 Å². The van der Waals surface area contributed by atoms with Gasteiger partial charge in [0.05, 0.1) is 5.69 Å². The summed E-state index contributed by atoms with van der Waals surface area (Å²) in [5.74, 6) is -0.631. The van der Waals surface area contributed by atoms with Crippen LogP contribution >= 0.6 is 0 Å². The topological polar surface area (TPSA) is 68.0 Å². The molecule has 0 saturated carbocycles. The van der Waals surface area contributed by atoms with Gasteiger partial charge in [-0.3, -0.25) is 0 Å². The second-order valence-electron chi connectivity index (χ2n) is 4.82. The molecule has 1 heterocycles. The maximum atomic E-state index is 10.9. The van der Waals surface area contributed by atoms with E-state index in [-0.39, 0.29) is 5.82 Å². The zero-order valence-electron chi connectivity index (χ0n) is 10.8. The lowest BCUT2D eigenvalue weighted by Gasteiger charge is -2.19. The number of fused-ring (bicyclic) bond motifs is 1. The van der Waals surface area contributed by atoms with E-state index in [2.05, 4.69) is 16.1 Å². The number of aromatic carboxylic acids is 1. The molecular formula is C14H15N3O2. The van der Waals surface area contributed by atoms with E-state index in [1.807, 2.05) is 12.1 Å². The van der Waals surface area contributed by atoms with Crippen molar-refractivity contribution in [2.24, 2.45) is 0 Å². The average molecular weight is 257 g/mol. The largest absolute Gasteiger partial charge is 0.475 e. The van der Waals surface area contributed by atoms with Gasteiger partial charge >= 0.3 is 5.97 Å². The summed E-state index contributed by atoms with van der Waals surface area (Å²) in [6.45, 7) is 1.78. The molecule has 1 N–H and O–H groups in total. The Bertz CT molecular complexity index is 646. The molecule has 3 rings (SSSR count). The maximum Gasteiger partial charge on any atom is 0.375 e. The highest BCUT2D eigenvalue weighted by Crippen LogP contribution is 2.27. The van der Waals surface area contributed by atoms with Gasteiger partial charge in [0.2, 0.25) is 0 Å². The molecule has 1 aliphatic carbocycles. The molecule has 0 unspecified atom stereocenters. The second-order valence-corrected chi connectivity index (χ2v) is 4.82. The highest BCUT2D eigenvalue weighted by molar-refractivity contribution is 5.83. The van der Waals surface area contributed by atoms with E-state index in [0.29, 0.717) is 5.82 Å². The maximum absolute atomic E-state index is 10.9. The Hall–Kier alpha value is -2.17. The van der Waals surface area contributed by atoms with Crippen LogP contribution in [0.2, 0.25) is 0 Å². The monoisotopic (exact) mass is 257 g/mol. The van der Waals surface area contributed by atoms with Crippen molar-refractivity contribution in [3.05, 3.63) is 41.0 Å². The van der Waals surface area contributed by atoms with E-state index in [9.17, 15) is 4.79 Å². The fraction of sp³-hybridized carbons (Fsp3) is 0.357. The van der Waals surface area contributed by atoms with Crippen LogP contribution < -0.4 is 0 Å². The van der Waals surface area contributed by atoms with Gasteiger partial charge in [0.25, 0.3) is 5.82 Å². The lowest BCUT2D eigenvalue weighted by atomic mass is 9.90. The van der Waals surface area contributed by atoms with Crippen molar-refractivity contribution in [3.8, 4) is 5.69 Å². The van der Waals surface area contributed by atoms with Gasteiger partial charge in [-0.05, 0) is 49.8 Å². The van der Waals surface area contributed by atoms with E-state index >= 15 is 0 Å². The van der Waals surface area contributed by atoms with Gasteiger partial charge in [-0.2, -0.15) is 0 Å². The standard InChI is InChI=1S/C14H15N3O2/c1-9-15-13(14(18)19)16-17(9)12-8-4-6-10-5-2-3-7-11(10)12/h4,6,8H,2-3,5,7H2,1H3,(H,18,19). The molecule has 98 valence electrons. The molecule has 2 aromatic rings. The van der Waals surface area contributed by atoms with Crippen molar-refractivity contribution in [2.45, 2.75) is 32.6 Å². The molecule has 0 spiro atoms. The molecule has 0 aliphatic heterocycles. The number of carboxylic acid groups (broad SMARTS) is 1. The van der Waals surface area contributed by atoms with Crippen LogP contribution in [0.25, 0.3) is 5.69 Å². The van der Waals surface area contributed by atoms with Crippen LogP contribution in [-0.2, 0) is 12.8 Å². The van der Waals surface area contributed by atoms with Gasteiger partial charge in [0.15, 0.2) is 0 Å². The minimum atomic E-state index is -1.09. The van der Waals surface area contributed by atoms with Crippen molar-refractivity contribution in [2.75, 3.05) is 0 Å². The molecule has 0 atom stereocenters. The molecule has 1 aliphatic rings. The first kappa shape index (κ1) is 11.9. The Kier molecular flexibility index (Phi) is 2.81. The Morgan fingerprint density at radius 3 is 2.84 bits per heavy atom. The van der Waals surface area contributed by atoms with E-state index in [1.54, 1.807) is 11.6 Å². The number of carboxylic acids is 1. The lowest BCUT2D eigenvalue weighted by molar-refractivity contribution is 0.0683. The molecule has 1 aromatic heterocycles. The highest BCUT2D eigenvalue weighted by Gasteiger charge is 2.18. The highest BCUT2D eigenvalue weighted by atomic mass is 16.4. The fourth-order valence-electron chi connectivity index (χ4n) is 2.67. The summed E-state index contributed by atoms with van der Waals surface area (Å²) in [5.41, 5.74) is 3.59. The molecule has 0 bridgehead atoms. The zero-order valence-corrected chi connectivity index (χ0v) is 10.8. The Morgan fingerprint density at radius 2 is 2.11 bits per heavy atom. The van der Waals surface area contributed by atoms with Gasteiger partial charge in [-0.25, -0.2) is 14.5 Å². The summed E-state index contributed by atoms with van der Waals surface area (Å²) in [4.78, 5) is 14.9. The summed E-state index contributed by atoms with van der Waals surface area (Å²) >= 11 is 0. The third kappa shape index (κ3) is 2.01. The molecule has 0 radical (unpaired) electrons. The van der Waals surface area contributed by atoms with Crippen molar-refractivity contribution >= 4 is 5.97 Å². The summed E-state index contributed by atoms with van der Waals surface area (Å²) in [6, 6.07) is 6.13. The first-order valence-corrected chi connectivity index (χ1v) is 6.45. The van der Waals surface area contributed by atoms with E-state index in [0.717, 1.165) is 18.5 Å². The van der Waals surface area contributed by atoms with Crippen molar-refractivity contribution in [1.82, 2.24) is 14.8 Å². The quantitative estimate of drug-likeness (QED) is 0.895. The van der Waals surface area contributed by atoms with Gasteiger partial charge < -0.3 is 5.11 Å². The van der Waals surface area contributed by atoms with Crippen molar-refractivity contribution < 1.29 is 9.90 Å². The predicted octanol–water partition coefficient (Wildman–Crippen LogP) is 2.15. The Morgan fingerprint density at radius 1 is 1.32 bits per heavy atom. The van der Waals surface area contributed by atoms with Crippen molar-refractivity contribution in [1.29, 1.82) is 0 Å². The summed E-state index contributed by atoms with van der Waals surface area (Å²) in [5, 5.41) is 13.1.